The molecule has 0 spiro atoms. The van der Waals surface area contributed by atoms with Gasteiger partial charge >= 0.3 is 116 Å². The summed E-state index contributed by atoms with van der Waals surface area (Å²) >= 11 is -2.64. The standard InChI is InChI=1S/C8H18O4SSe3/c9-13(10)5-1-2-6-14-15-7-3-4-8-16(11)12/h1-8H2,(H,9,10)(H,11,12). The molecule has 0 heterocycles. The molecule has 0 aliphatic heterocycles. The molecule has 0 aliphatic carbocycles. The Morgan fingerprint density at radius 1 is 1.06 bits per heavy atom. The van der Waals surface area contributed by atoms with Gasteiger partial charge in [0.1, 0.15) is 0 Å². The molecule has 98 valence electrons. The van der Waals surface area contributed by atoms with Gasteiger partial charge in [0, 0.05) is 0 Å². The first-order valence-corrected chi connectivity index (χ1v) is 15.7. The normalized spacial score (nSPS) is 14.9. The van der Waals surface area contributed by atoms with Gasteiger partial charge in [0.2, 0.25) is 0 Å². The molecule has 0 fully saturated rings. The van der Waals surface area contributed by atoms with E-state index in [0.29, 0.717) is 37.3 Å². The molecular formula is C8H18O4SSe3. The Balaban J connectivity index is 2.98. The Hall–Kier alpha value is 1.43. The molecule has 0 aromatic rings. The van der Waals surface area contributed by atoms with Crippen LogP contribution in [0.25, 0.3) is 0 Å². The second-order valence-corrected chi connectivity index (χ2v) is 14.2. The van der Waals surface area contributed by atoms with Gasteiger partial charge in [0.05, 0.1) is 0 Å². The van der Waals surface area contributed by atoms with E-state index in [1.807, 2.05) is 0 Å². The van der Waals surface area contributed by atoms with Gasteiger partial charge in [0.25, 0.3) is 0 Å². The summed E-state index contributed by atoms with van der Waals surface area (Å²) in [7, 11) is 0. The second-order valence-electron chi connectivity index (χ2n) is 3.11. The molecule has 16 heavy (non-hydrogen) atoms. The van der Waals surface area contributed by atoms with E-state index in [1.165, 1.54) is 10.6 Å². The van der Waals surface area contributed by atoms with Crippen LogP contribution in [0.1, 0.15) is 25.7 Å². The third kappa shape index (κ3) is 15.4. The van der Waals surface area contributed by atoms with Crippen molar-refractivity contribution >= 4 is 51.5 Å². The number of hydrogen-bond donors (Lipinski definition) is 2. The zero-order chi connectivity index (χ0) is 12.2. The molecule has 2 unspecified atom stereocenters. The van der Waals surface area contributed by atoms with Crippen LogP contribution >= 0.6 is 0 Å². The molecule has 2 N–H and O–H groups in total. The van der Waals surface area contributed by atoms with Crippen molar-refractivity contribution in [1.82, 2.24) is 0 Å². The number of rotatable bonds is 11. The summed E-state index contributed by atoms with van der Waals surface area (Å²) < 4.78 is 37.9. The fraction of sp³-hybridized carbons (Fsp3) is 1.00. The van der Waals surface area contributed by atoms with Crippen molar-refractivity contribution in [3.63, 3.8) is 0 Å². The quantitative estimate of drug-likeness (QED) is 0.280. The maximum absolute atomic E-state index is 10.4. The monoisotopic (exact) mass is 450 g/mol. The van der Waals surface area contributed by atoms with Crippen LogP contribution in [0.15, 0.2) is 0 Å². The Morgan fingerprint density at radius 2 is 1.62 bits per heavy atom. The molecule has 0 radical (unpaired) electrons. The van der Waals surface area contributed by atoms with E-state index in [2.05, 4.69) is 0 Å². The Morgan fingerprint density at radius 3 is 2.12 bits per heavy atom. The van der Waals surface area contributed by atoms with Gasteiger partial charge in [-0.3, -0.25) is 0 Å². The van der Waals surface area contributed by atoms with Crippen molar-refractivity contribution < 1.29 is 16.8 Å². The summed E-state index contributed by atoms with van der Waals surface area (Å²) in [5.41, 5.74) is 0. The molecule has 0 amide bonds. The molecule has 4 nitrogen and oxygen atoms in total. The zero-order valence-electron chi connectivity index (χ0n) is 9.00. The van der Waals surface area contributed by atoms with Crippen LogP contribution in [-0.4, -0.2) is 59.1 Å². The van der Waals surface area contributed by atoms with E-state index in [0.717, 1.165) is 25.7 Å². The van der Waals surface area contributed by atoms with E-state index in [-0.39, 0.29) is 0 Å². The molecule has 0 aromatic heterocycles. The molecule has 2 atom stereocenters. The summed E-state index contributed by atoms with van der Waals surface area (Å²) in [5, 5.41) is 2.94. The van der Waals surface area contributed by atoms with E-state index in [4.69, 9.17) is 8.74 Å². The van der Waals surface area contributed by atoms with Crippen LogP contribution in [0.4, 0.5) is 0 Å². The first-order chi connectivity index (χ1) is 7.63. The van der Waals surface area contributed by atoms with E-state index >= 15 is 0 Å². The number of unbranched alkanes of at least 4 members (excludes halogenated alkanes) is 2. The van der Waals surface area contributed by atoms with Gasteiger partial charge < -0.3 is 0 Å². The topological polar surface area (TPSA) is 74.6 Å². The molecule has 0 rings (SSSR count). The molecule has 8 heteroatoms. The Kier molecular flexibility index (Phi) is 14.0. The average molecular weight is 447 g/mol. The van der Waals surface area contributed by atoms with Gasteiger partial charge in [0.15, 0.2) is 0 Å². The van der Waals surface area contributed by atoms with E-state index in [9.17, 15) is 8.04 Å². The van der Waals surface area contributed by atoms with Crippen molar-refractivity contribution in [1.29, 1.82) is 0 Å². The van der Waals surface area contributed by atoms with Crippen LogP contribution in [0, 0.1) is 0 Å². The summed E-state index contributed by atoms with van der Waals surface area (Å²) in [4.78, 5) is 0. The summed E-state index contributed by atoms with van der Waals surface area (Å²) in [6.45, 7) is 0. The van der Waals surface area contributed by atoms with E-state index < -0.39 is 25.2 Å². The van der Waals surface area contributed by atoms with Crippen LogP contribution in [-0.2, 0) is 14.9 Å². The van der Waals surface area contributed by atoms with Crippen molar-refractivity contribution in [2.75, 3.05) is 5.75 Å². The van der Waals surface area contributed by atoms with Gasteiger partial charge in [-0.2, -0.15) is 0 Å². The Bertz CT molecular complexity index is 193. The molecular weight excluding hydrogens is 429 g/mol. The summed E-state index contributed by atoms with van der Waals surface area (Å²) in [6, 6.07) is 0. The van der Waals surface area contributed by atoms with Crippen molar-refractivity contribution in [2.45, 2.75) is 41.6 Å². The van der Waals surface area contributed by atoms with Crippen LogP contribution in [0.5, 0.6) is 0 Å². The summed E-state index contributed by atoms with van der Waals surface area (Å²) in [6.07, 6.45) is 3.91. The Labute approximate surface area is 115 Å². The number of hydrogen-bond acceptors (Lipinski definition) is 2. The van der Waals surface area contributed by atoms with Crippen LogP contribution in [0.2, 0.25) is 16.0 Å². The molecule has 0 aromatic carbocycles. The first-order valence-electron chi connectivity index (χ1n) is 5.02. The van der Waals surface area contributed by atoms with Gasteiger partial charge in [-0.15, -0.1) is 0 Å². The predicted molar refractivity (Wildman–Crippen MR) is 68.7 cm³/mol. The van der Waals surface area contributed by atoms with Crippen molar-refractivity contribution in [3.8, 4) is 0 Å². The van der Waals surface area contributed by atoms with E-state index in [1.54, 1.807) is 0 Å². The first kappa shape index (κ1) is 17.4. The predicted octanol–water partition coefficient (Wildman–Crippen LogP) is 0.840. The van der Waals surface area contributed by atoms with Crippen LogP contribution in [0.3, 0.4) is 0 Å². The third-order valence-electron chi connectivity index (χ3n) is 1.68. The van der Waals surface area contributed by atoms with Crippen molar-refractivity contribution in [3.05, 3.63) is 0 Å². The summed E-state index contributed by atoms with van der Waals surface area (Å²) in [5.74, 6) is 0.411. The zero-order valence-corrected chi connectivity index (χ0v) is 15.0. The molecule has 0 saturated carbocycles. The molecule has 0 bridgehead atoms. The van der Waals surface area contributed by atoms with Gasteiger partial charge in [-0.1, -0.05) is 0 Å². The van der Waals surface area contributed by atoms with Gasteiger partial charge in [-0.05, 0) is 0 Å². The maximum atomic E-state index is 10.4. The van der Waals surface area contributed by atoms with Crippen LogP contribution < -0.4 is 0 Å². The molecule has 0 saturated heterocycles. The second kappa shape index (κ2) is 12.9. The fourth-order valence-electron chi connectivity index (χ4n) is 0.891. The molecule has 0 aliphatic rings. The SMILES string of the molecule is O=S(O)CCCC[Se][Se]CCCC[Se](=O)O. The van der Waals surface area contributed by atoms with Crippen molar-refractivity contribution in [2.24, 2.45) is 0 Å². The average Bonchev–Trinajstić information content (AvgIpc) is 2.20. The van der Waals surface area contributed by atoms with Gasteiger partial charge in [-0.25, -0.2) is 0 Å². The third-order valence-corrected chi connectivity index (χ3v) is 11.4. The minimum atomic E-state index is -2.43. The fourth-order valence-corrected chi connectivity index (χ4v) is 9.27. The minimum absolute atomic E-state index is 0.411.